The molecule has 3 aliphatic carbocycles. The van der Waals surface area contributed by atoms with Gasteiger partial charge in [-0.05, 0) is 88.5 Å². The van der Waals surface area contributed by atoms with Gasteiger partial charge in [0.25, 0.3) is 5.91 Å². The lowest BCUT2D eigenvalue weighted by molar-refractivity contribution is -0.141. The van der Waals surface area contributed by atoms with Gasteiger partial charge in [0.2, 0.25) is 21.8 Å². The number of rotatable bonds is 7. The van der Waals surface area contributed by atoms with E-state index in [1.807, 2.05) is 60.7 Å². The second kappa shape index (κ2) is 15.3. The highest BCUT2D eigenvalue weighted by Crippen LogP contribution is 2.46. The van der Waals surface area contributed by atoms with Crippen molar-refractivity contribution in [3.05, 3.63) is 66.0 Å². The number of para-hydroxylation sites is 2. The molecule has 4 amide bonds. The van der Waals surface area contributed by atoms with Crippen LogP contribution in [0.5, 0.6) is 0 Å². The molecule has 55 heavy (non-hydrogen) atoms. The molecule has 0 radical (unpaired) electrons. The first kappa shape index (κ1) is 37.0. The van der Waals surface area contributed by atoms with Gasteiger partial charge in [-0.2, -0.15) is 0 Å². The van der Waals surface area contributed by atoms with Crippen molar-refractivity contribution in [2.75, 3.05) is 6.54 Å². The Kier molecular flexibility index (Phi) is 10.3. The van der Waals surface area contributed by atoms with Gasteiger partial charge in [0.1, 0.15) is 46.4 Å². The lowest BCUT2D eigenvalue weighted by Crippen LogP contribution is -2.58. The van der Waals surface area contributed by atoms with E-state index in [9.17, 15) is 27.6 Å². The number of carbonyl (C=O) groups excluding carboxylic acids is 4. The molecule has 8 rings (SSSR count). The van der Waals surface area contributed by atoms with Gasteiger partial charge in [0, 0.05) is 23.1 Å². The number of sulfonamides is 1. The number of benzene rings is 2. The van der Waals surface area contributed by atoms with Crippen molar-refractivity contribution in [2.24, 2.45) is 11.1 Å². The average Bonchev–Trinajstić information content (AvgIpc) is 4.04. The zero-order valence-corrected chi connectivity index (χ0v) is 31.4. The standard InChI is InChI=1S/C40H47N5O9S/c46-36-32-22-27(54-43-35-29-15-8-10-18-33(29)53-34-19-11-9-16-30(34)35)24-45(32)37(47)31(41-39(49)52-26-13-6-7-14-26)17-5-3-1-2-4-12-25-23-40(25,42-36)38(48)44-55(50,51)28-20-21-28/h4,8-12,15-16,18-19,25-28,31-32H,1-3,5-7,13-14,17,20-24H2,(H,41,49)(H,42,46)(H,44,48)/b12-4-/t25-,27-,31+,32+,40+/m1/s1. The Bertz CT molecular complexity index is 2140. The van der Waals surface area contributed by atoms with E-state index in [0.29, 0.717) is 48.6 Å². The zero-order chi connectivity index (χ0) is 38.2. The number of hydrogen-bond acceptors (Lipinski definition) is 10. The first-order chi connectivity index (χ1) is 26.6. The van der Waals surface area contributed by atoms with E-state index in [1.165, 1.54) is 4.90 Å². The third-order valence-electron chi connectivity index (χ3n) is 11.5. The van der Waals surface area contributed by atoms with Crippen molar-refractivity contribution < 1.29 is 41.6 Å². The lowest BCUT2D eigenvalue weighted by atomic mass is 10.0. The fourth-order valence-corrected chi connectivity index (χ4v) is 9.53. The fourth-order valence-electron chi connectivity index (χ4n) is 8.16. The van der Waals surface area contributed by atoms with Crippen molar-refractivity contribution in [2.45, 2.75) is 119 Å². The number of nitrogens with zero attached hydrogens (tertiary/aromatic N) is 2. The van der Waals surface area contributed by atoms with Crippen LogP contribution in [-0.2, 0) is 34.0 Å². The Labute approximate surface area is 319 Å². The maximum Gasteiger partial charge on any atom is 0.408 e. The van der Waals surface area contributed by atoms with Crippen LogP contribution in [0.2, 0.25) is 0 Å². The number of ether oxygens (including phenoxy) is 1. The van der Waals surface area contributed by atoms with E-state index < -0.39 is 68.7 Å². The van der Waals surface area contributed by atoms with Gasteiger partial charge in [-0.25, -0.2) is 13.2 Å². The molecule has 292 valence electrons. The molecular formula is C40H47N5O9S. The Morgan fingerprint density at radius 1 is 0.891 bits per heavy atom. The number of allylic oxidation sites excluding steroid dienone is 1. The number of nitrogens with one attached hydrogen (secondary N) is 3. The van der Waals surface area contributed by atoms with Crippen molar-refractivity contribution in [3.8, 4) is 0 Å². The Hall–Kier alpha value is -4.92. The molecule has 3 N–H and O–H groups in total. The fraction of sp³-hybridized carbons (Fsp3) is 0.525. The third-order valence-corrected chi connectivity index (χ3v) is 13.3. The number of amides is 4. The summed E-state index contributed by atoms with van der Waals surface area (Å²) >= 11 is 0. The molecule has 5 atom stereocenters. The van der Waals surface area contributed by atoms with E-state index in [2.05, 4.69) is 20.5 Å². The van der Waals surface area contributed by atoms with Crippen LogP contribution in [0, 0.1) is 5.92 Å². The van der Waals surface area contributed by atoms with Crippen LogP contribution in [0.15, 0.2) is 70.3 Å². The molecule has 5 aliphatic rings. The van der Waals surface area contributed by atoms with Crippen LogP contribution < -0.4 is 20.7 Å². The predicted molar refractivity (Wildman–Crippen MR) is 201 cm³/mol. The summed E-state index contributed by atoms with van der Waals surface area (Å²) in [7, 11) is -3.89. The molecule has 2 aromatic carbocycles. The van der Waals surface area contributed by atoms with Gasteiger partial charge in [0.15, 0.2) is 0 Å². The SMILES string of the molecule is O=C(N[C@H]1CCCCC/C=C\[C@@H]2C[C@]2(C(=O)NS(=O)(=O)C2CC2)NC(=O)[C@@H]2C[C@@H](ON=c3c4ccccc4oc4ccccc34)CN2C1=O)OC1CCCC1. The molecule has 3 aromatic rings. The molecule has 0 bridgehead atoms. The second-order valence-electron chi connectivity index (χ2n) is 15.5. The van der Waals surface area contributed by atoms with Crippen LogP contribution in [0.3, 0.4) is 0 Å². The summed E-state index contributed by atoms with van der Waals surface area (Å²) in [5.41, 5.74) is -0.284. The normalized spacial score (nSPS) is 28.3. The van der Waals surface area contributed by atoms with Crippen LogP contribution in [0.4, 0.5) is 4.79 Å². The first-order valence-electron chi connectivity index (χ1n) is 19.5. The molecule has 3 heterocycles. The van der Waals surface area contributed by atoms with E-state index in [-0.39, 0.29) is 25.5 Å². The third kappa shape index (κ3) is 7.94. The molecule has 1 aromatic heterocycles. The first-order valence-corrected chi connectivity index (χ1v) is 21.1. The number of hydrogen-bond donors (Lipinski definition) is 3. The molecular weight excluding hydrogens is 727 g/mol. The molecule has 0 spiro atoms. The van der Waals surface area contributed by atoms with Crippen LogP contribution in [0.1, 0.15) is 83.5 Å². The summed E-state index contributed by atoms with van der Waals surface area (Å²) in [6, 6.07) is 12.8. The van der Waals surface area contributed by atoms with E-state index in [0.717, 1.165) is 49.3 Å². The van der Waals surface area contributed by atoms with E-state index in [1.54, 1.807) is 0 Å². The Morgan fingerprint density at radius 2 is 1.58 bits per heavy atom. The second-order valence-corrected chi connectivity index (χ2v) is 17.5. The molecule has 0 unspecified atom stereocenters. The van der Waals surface area contributed by atoms with Crippen LogP contribution in [-0.4, -0.2) is 78.8 Å². The summed E-state index contributed by atoms with van der Waals surface area (Å²) in [6.07, 6.45) is 10.2. The number of fused-ring (bicyclic) bond motifs is 4. The minimum absolute atomic E-state index is 0.0259. The molecule has 1 saturated heterocycles. The molecule has 15 heteroatoms. The van der Waals surface area contributed by atoms with Gasteiger partial charge < -0.3 is 29.5 Å². The highest BCUT2D eigenvalue weighted by atomic mass is 32.2. The molecule has 4 fully saturated rings. The summed E-state index contributed by atoms with van der Waals surface area (Å²) < 4.78 is 39.7. The van der Waals surface area contributed by atoms with Crippen molar-refractivity contribution in [1.29, 1.82) is 0 Å². The quantitative estimate of drug-likeness (QED) is 0.178. The maximum absolute atomic E-state index is 14.5. The average molecular weight is 774 g/mol. The molecule has 3 saturated carbocycles. The summed E-state index contributed by atoms with van der Waals surface area (Å²) in [6.45, 7) is -0.0259. The van der Waals surface area contributed by atoms with Crippen molar-refractivity contribution in [3.63, 3.8) is 0 Å². The summed E-state index contributed by atoms with van der Waals surface area (Å²) in [5.74, 6) is -2.30. The van der Waals surface area contributed by atoms with Gasteiger partial charge >= 0.3 is 6.09 Å². The predicted octanol–water partition coefficient (Wildman–Crippen LogP) is 4.43. The topological polar surface area (TPSA) is 186 Å². The Balaban J connectivity index is 1.10. The minimum Gasteiger partial charge on any atom is -0.456 e. The Morgan fingerprint density at radius 3 is 2.29 bits per heavy atom. The van der Waals surface area contributed by atoms with Crippen LogP contribution >= 0.6 is 0 Å². The summed E-state index contributed by atoms with van der Waals surface area (Å²) in [4.78, 5) is 63.4. The molecule has 2 aliphatic heterocycles. The number of alkyl carbamates (subject to hydrolysis) is 1. The smallest absolute Gasteiger partial charge is 0.408 e. The van der Waals surface area contributed by atoms with Crippen molar-refractivity contribution >= 4 is 55.8 Å². The van der Waals surface area contributed by atoms with Crippen LogP contribution in [0.25, 0.3) is 21.9 Å². The lowest BCUT2D eigenvalue weighted by Gasteiger charge is -2.30. The van der Waals surface area contributed by atoms with E-state index in [4.69, 9.17) is 14.0 Å². The van der Waals surface area contributed by atoms with Gasteiger partial charge in [-0.3, -0.25) is 19.1 Å². The maximum atomic E-state index is 14.5. The zero-order valence-electron chi connectivity index (χ0n) is 30.6. The van der Waals surface area contributed by atoms with Gasteiger partial charge in [-0.15, -0.1) is 0 Å². The number of carbonyl (C=O) groups is 4. The van der Waals surface area contributed by atoms with E-state index >= 15 is 0 Å². The minimum atomic E-state index is -3.89. The molecule has 14 nitrogen and oxygen atoms in total. The largest absolute Gasteiger partial charge is 0.456 e. The monoisotopic (exact) mass is 773 g/mol. The van der Waals surface area contributed by atoms with Gasteiger partial charge in [0.05, 0.1) is 11.8 Å². The van der Waals surface area contributed by atoms with Gasteiger partial charge in [-0.1, -0.05) is 54.4 Å². The summed E-state index contributed by atoms with van der Waals surface area (Å²) in [5, 5.41) is 11.6. The highest BCUT2D eigenvalue weighted by molar-refractivity contribution is 7.91. The highest BCUT2D eigenvalue weighted by Gasteiger charge is 2.62. The van der Waals surface area contributed by atoms with Crippen molar-refractivity contribution in [1.82, 2.24) is 20.3 Å².